The maximum Gasteiger partial charge on any atom is 0.0372 e. The molecule has 0 spiro atoms. The molecule has 1 aromatic rings. The molecular formula is C17H25N. The van der Waals surface area contributed by atoms with Crippen molar-refractivity contribution in [3.8, 4) is 0 Å². The van der Waals surface area contributed by atoms with Crippen LogP contribution in [0.5, 0.6) is 0 Å². The first-order valence-corrected chi connectivity index (χ1v) is 7.73. The standard InChI is InChI=1S/C17H25N/c1-2-13-5-7-14(8-6-13)15-9-10-17-16(12-15)4-3-11-18-17/h9-10,12-14,18H,2-8,11H2,1H3. The van der Waals surface area contributed by atoms with Crippen molar-refractivity contribution < 1.29 is 0 Å². The van der Waals surface area contributed by atoms with Crippen LogP contribution in [0.3, 0.4) is 0 Å². The quantitative estimate of drug-likeness (QED) is 0.792. The first-order chi connectivity index (χ1) is 8.86. The van der Waals surface area contributed by atoms with E-state index in [0.29, 0.717) is 0 Å². The average molecular weight is 243 g/mol. The van der Waals surface area contributed by atoms with Gasteiger partial charge in [0.2, 0.25) is 0 Å². The normalized spacial score (nSPS) is 27.4. The summed E-state index contributed by atoms with van der Waals surface area (Å²) >= 11 is 0. The molecule has 1 aliphatic heterocycles. The Balaban J connectivity index is 1.73. The van der Waals surface area contributed by atoms with Crippen molar-refractivity contribution in [1.82, 2.24) is 0 Å². The lowest BCUT2D eigenvalue weighted by Gasteiger charge is -2.29. The van der Waals surface area contributed by atoms with Gasteiger partial charge in [0, 0.05) is 12.2 Å². The molecule has 0 saturated heterocycles. The molecule has 98 valence electrons. The monoisotopic (exact) mass is 243 g/mol. The van der Waals surface area contributed by atoms with Crippen molar-refractivity contribution in [3.63, 3.8) is 0 Å². The van der Waals surface area contributed by atoms with Crippen LogP contribution in [-0.4, -0.2) is 6.54 Å². The third kappa shape index (κ3) is 2.41. The van der Waals surface area contributed by atoms with Crippen molar-refractivity contribution in [2.24, 2.45) is 5.92 Å². The molecule has 0 bridgehead atoms. The number of benzene rings is 1. The zero-order valence-electron chi connectivity index (χ0n) is 11.5. The Kier molecular flexibility index (Phi) is 3.58. The SMILES string of the molecule is CCC1CCC(c2ccc3c(c2)CCCN3)CC1. The molecule has 0 amide bonds. The van der Waals surface area contributed by atoms with E-state index in [1.165, 1.54) is 50.6 Å². The van der Waals surface area contributed by atoms with Gasteiger partial charge in [0.1, 0.15) is 0 Å². The highest BCUT2D eigenvalue weighted by atomic mass is 14.9. The van der Waals surface area contributed by atoms with E-state index >= 15 is 0 Å². The van der Waals surface area contributed by atoms with E-state index < -0.39 is 0 Å². The molecular weight excluding hydrogens is 218 g/mol. The lowest BCUT2D eigenvalue weighted by Crippen LogP contribution is -2.15. The minimum atomic E-state index is 0.833. The van der Waals surface area contributed by atoms with E-state index in [0.717, 1.165) is 18.4 Å². The van der Waals surface area contributed by atoms with E-state index in [-0.39, 0.29) is 0 Å². The first kappa shape index (κ1) is 12.1. The van der Waals surface area contributed by atoms with Crippen LogP contribution in [0.4, 0.5) is 5.69 Å². The second kappa shape index (κ2) is 5.34. The summed E-state index contributed by atoms with van der Waals surface area (Å²) in [5, 5.41) is 3.51. The van der Waals surface area contributed by atoms with Crippen LogP contribution in [0.15, 0.2) is 18.2 Å². The Morgan fingerprint density at radius 3 is 2.78 bits per heavy atom. The number of hydrogen-bond acceptors (Lipinski definition) is 1. The van der Waals surface area contributed by atoms with E-state index in [2.05, 4.69) is 30.4 Å². The summed E-state index contributed by atoms with van der Waals surface area (Å²) in [6.07, 6.45) is 9.63. The molecule has 1 aliphatic carbocycles. The molecule has 1 heteroatoms. The van der Waals surface area contributed by atoms with Gasteiger partial charge in [-0.15, -0.1) is 0 Å². The highest BCUT2D eigenvalue weighted by Crippen LogP contribution is 2.38. The van der Waals surface area contributed by atoms with Gasteiger partial charge >= 0.3 is 0 Å². The number of rotatable bonds is 2. The maximum absolute atomic E-state index is 3.51. The van der Waals surface area contributed by atoms with Gasteiger partial charge in [-0.05, 0) is 67.6 Å². The Hall–Kier alpha value is -0.980. The molecule has 1 fully saturated rings. The smallest absolute Gasteiger partial charge is 0.0372 e. The van der Waals surface area contributed by atoms with Gasteiger partial charge < -0.3 is 5.32 Å². The summed E-state index contributed by atoms with van der Waals surface area (Å²) in [6, 6.07) is 7.17. The predicted molar refractivity (Wildman–Crippen MR) is 78.2 cm³/mol. The minimum absolute atomic E-state index is 0.833. The summed E-state index contributed by atoms with van der Waals surface area (Å²) in [5.74, 6) is 1.83. The Morgan fingerprint density at radius 2 is 2.00 bits per heavy atom. The Morgan fingerprint density at radius 1 is 1.17 bits per heavy atom. The van der Waals surface area contributed by atoms with Crippen molar-refractivity contribution in [1.29, 1.82) is 0 Å². The molecule has 1 heterocycles. The molecule has 0 unspecified atom stereocenters. The van der Waals surface area contributed by atoms with Crippen LogP contribution >= 0.6 is 0 Å². The van der Waals surface area contributed by atoms with Gasteiger partial charge in [0.15, 0.2) is 0 Å². The second-order valence-corrected chi connectivity index (χ2v) is 6.07. The highest BCUT2D eigenvalue weighted by molar-refractivity contribution is 5.54. The molecule has 18 heavy (non-hydrogen) atoms. The number of fused-ring (bicyclic) bond motifs is 1. The summed E-state index contributed by atoms with van der Waals surface area (Å²) in [7, 11) is 0. The van der Waals surface area contributed by atoms with Gasteiger partial charge in [0.05, 0.1) is 0 Å². The number of nitrogens with one attached hydrogen (secondary N) is 1. The van der Waals surface area contributed by atoms with Gasteiger partial charge in [-0.2, -0.15) is 0 Å². The zero-order chi connectivity index (χ0) is 12.4. The summed E-state index contributed by atoms with van der Waals surface area (Å²) in [5.41, 5.74) is 4.54. The second-order valence-electron chi connectivity index (χ2n) is 6.07. The molecule has 0 aromatic heterocycles. The molecule has 3 rings (SSSR count). The number of aryl methyl sites for hydroxylation is 1. The number of hydrogen-bond donors (Lipinski definition) is 1. The minimum Gasteiger partial charge on any atom is -0.385 e. The predicted octanol–water partition coefficient (Wildman–Crippen LogP) is 4.73. The van der Waals surface area contributed by atoms with E-state index in [9.17, 15) is 0 Å². The fourth-order valence-electron chi connectivity index (χ4n) is 3.65. The molecule has 1 nitrogen and oxygen atoms in total. The van der Waals surface area contributed by atoms with Gasteiger partial charge in [0.25, 0.3) is 0 Å². The number of anilines is 1. The third-order valence-corrected chi connectivity index (χ3v) is 4.96. The van der Waals surface area contributed by atoms with Crippen LogP contribution in [0, 0.1) is 5.92 Å². The maximum atomic E-state index is 3.51. The summed E-state index contributed by atoms with van der Waals surface area (Å²) in [4.78, 5) is 0. The van der Waals surface area contributed by atoms with Crippen LogP contribution in [0.1, 0.15) is 62.5 Å². The molecule has 2 aliphatic rings. The first-order valence-electron chi connectivity index (χ1n) is 7.73. The highest BCUT2D eigenvalue weighted by Gasteiger charge is 2.22. The van der Waals surface area contributed by atoms with Crippen LogP contribution in [-0.2, 0) is 6.42 Å². The van der Waals surface area contributed by atoms with Gasteiger partial charge in [-0.1, -0.05) is 25.5 Å². The van der Waals surface area contributed by atoms with E-state index in [1.807, 2.05) is 0 Å². The summed E-state index contributed by atoms with van der Waals surface area (Å²) < 4.78 is 0. The summed E-state index contributed by atoms with van der Waals surface area (Å²) in [6.45, 7) is 3.49. The van der Waals surface area contributed by atoms with Crippen LogP contribution < -0.4 is 5.32 Å². The van der Waals surface area contributed by atoms with Crippen molar-refractivity contribution >= 4 is 5.69 Å². The van der Waals surface area contributed by atoms with Gasteiger partial charge in [-0.3, -0.25) is 0 Å². The van der Waals surface area contributed by atoms with Crippen LogP contribution in [0.2, 0.25) is 0 Å². The van der Waals surface area contributed by atoms with E-state index in [1.54, 1.807) is 11.1 Å². The van der Waals surface area contributed by atoms with Crippen LogP contribution in [0.25, 0.3) is 0 Å². The Labute approximate surface area is 111 Å². The molecule has 0 radical (unpaired) electrons. The van der Waals surface area contributed by atoms with Crippen molar-refractivity contribution in [2.75, 3.05) is 11.9 Å². The largest absolute Gasteiger partial charge is 0.385 e. The van der Waals surface area contributed by atoms with Crippen molar-refractivity contribution in [3.05, 3.63) is 29.3 Å². The molecule has 1 N–H and O–H groups in total. The molecule has 1 saturated carbocycles. The topological polar surface area (TPSA) is 12.0 Å². The fraction of sp³-hybridized carbons (Fsp3) is 0.647. The lowest BCUT2D eigenvalue weighted by atomic mass is 9.77. The van der Waals surface area contributed by atoms with E-state index in [4.69, 9.17) is 0 Å². The molecule has 0 atom stereocenters. The Bertz CT molecular complexity index is 402. The zero-order valence-corrected chi connectivity index (χ0v) is 11.5. The third-order valence-electron chi connectivity index (χ3n) is 4.96. The lowest BCUT2D eigenvalue weighted by molar-refractivity contribution is 0.318. The fourth-order valence-corrected chi connectivity index (χ4v) is 3.65. The average Bonchev–Trinajstić information content (AvgIpc) is 2.47. The van der Waals surface area contributed by atoms with Crippen molar-refractivity contribution in [2.45, 2.75) is 57.8 Å². The van der Waals surface area contributed by atoms with Gasteiger partial charge in [-0.25, -0.2) is 0 Å². The molecule has 1 aromatic carbocycles.